The number of pyridine rings is 1. The Hall–Kier alpha value is -3.05. The summed E-state index contributed by atoms with van der Waals surface area (Å²) in [5, 5.41) is 0.701. The largest absolute Gasteiger partial charge is 0.433 e. The Labute approximate surface area is 251 Å². The van der Waals surface area contributed by atoms with Crippen molar-refractivity contribution >= 4 is 41.1 Å². The van der Waals surface area contributed by atoms with Crippen molar-refractivity contribution in [1.29, 1.82) is 0 Å². The molecule has 2 aromatic rings. The van der Waals surface area contributed by atoms with Crippen LogP contribution in [0.5, 0.6) is 5.75 Å². The molecule has 1 aromatic carbocycles. The number of carbonyl (C=O) groups excluding carboxylic acids is 3. The first-order valence-corrected chi connectivity index (χ1v) is 14.5. The average Bonchev–Trinajstić information content (AvgIpc) is 3.56. The second-order valence-corrected chi connectivity index (χ2v) is 12.4. The molecule has 42 heavy (non-hydrogen) atoms. The minimum absolute atomic E-state index is 0.0407. The van der Waals surface area contributed by atoms with Gasteiger partial charge in [-0.1, -0.05) is 36.2 Å². The number of ether oxygens (including phenoxy) is 1. The second-order valence-electron chi connectivity index (χ2n) is 11.6. The summed E-state index contributed by atoms with van der Waals surface area (Å²) < 4.78 is 43.9. The van der Waals surface area contributed by atoms with Gasteiger partial charge in [0.05, 0.1) is 22.3 Å². The normalized spacial score (nSPS) is 22.2. The number of rotatable bonds is 5. The maximum absolute atomic E-state index is 13.7. The molecule has 2 atom stereocenters. The van der Waals surface area contributed by atoms with Gasteiger partial charge in [-0.15, -0.1) is 0 Å². The molecule has 226 valence electrons. The topological polar surface area (TPSA) is 83.1 Å². The van der Waals surface area contributed by atoms with Gasteiger partial charge in [-0.3, -0.25) is 9.59 Å². The molecule has 2 aliphatic heterocycles. The number of hydrogen-bond donors (Lipinski definition) is 0. The second kappa shape index (κ2) is 11.6. The quantitative estimate of drug-likeness (QED) is 0.414. The molecule has 5 rings (SSSR count). The first-order valence-electron chi connectivity index (χ1n) is 13.8. The summed E-state index contributed by atoms with van der Waals surface area (Å²) in [6.07, 6.45) is -1.64. The Morgan fingerprint density at radius 1 is 1.02 bits per heavy atom. The lowest BCUT2D eigenvalue weighted by Gasteiger charge is -2.34. The minimum Gasteiger partial charge on any atom is -0.409 e. The van der Waals surface area contributed by atoms with Crippen LogP contribution in [0.2, 0.25) is 10.0 Å². The van der Waals surface area contributed by atoms with E-state index in [2.05, 4.69) is 4.98 Å². The number of carbonyl (C=O) groups is 3. The van der Waals surface area contributed by atoms with Gasteiger partial charge >= 0.3 is 12.3 Å². The Bertz CT molecular complexity index is 1360. The van der Waals surface area contributed by atoms with E-state index < -0.39 is 24.0 Å². The summed E-state index contributed by atoms with van der Waals surface area (Å²) in [7, 11) is 1.52. The first-order chi connectivity index (χ1) is 19.8. The van der Waals surface area contributed by atoms with Crippen LogP contribution in [-0.2, 0) is 15.8 Å². The number of nitrogens with zero attached hydrogens (tertiary/aromatic N) is 4. The number of hydrogen-bond acceptors (Lipinski definition) is 5. The van der Waals surface area contributed by atoms with Gasteiger partial charge in [0.15, 0.2) is 5.75 Å². The molecular weight excluding hydrogens is 596 g/mol. The van der Waals surface area contributed by atoms with E-state index >= 15 is 0 Å². The lowest BCUT2D eigenvalue weighted by atomic mass is 9.93. The molecule has 1 saturated carbocycles. The summed E-state index contributed by atoms with van der Waals surface area (Å²) >= 11 is 12.4. The first kappa shape index (κ1) is 30.4. The predicted octanol–water partition coefficient (Wildman–Crippen LogP) is 5.87. The summed E-state index contributed by atoms with van der Waals surface area (Å²) in [5.41, 5.74) is -0.572. The highest BCUT2D eigenvalue weighted by Crippen LogP contribution is 2.47. The van der Waals surface area contributed by atoms with Crippen LogP contribution in [0.1, 0.15) is 49.8 Å². The zero-order valence-electron chi connectivity index (χ0n) is 23.2. The average molecular weight is 627 g/mol. The molecule has 0 N–H and O–H groups in total. The van der Waals surface area contributed by atoms with E-state index in [4.69, 9.17) is 27.9 Å². The molecule has 13 heteroatoms. The van der Waals surface area contributed by atoms with Crippen molar-refractivity contribution in [2.24, 2.45) is 11.3 Å². The summed E-state index contributed by atoms with van der Waals surface area (Å²) in [4.78, 5) is 47.8. The smallest absolute Gasteiger partial charge is 0.409 e. The molecule has 2 saturated heterocycles. The van der Waals surface area contributed by atoms with Crippen LogP contribution in [0.15, 0.2) is 36.5 Å². The van der Waals surface area contributed by atoms with Crippen LogP contribution in [0.4, 0.5) is 18.0 Å². The van der Waals surface area contributed by atoms with E-state index in [0.29, 0.717) is 42.5 Å². The zero-order chi connectivity index (χ0) is 30.4. The van der Waals surface area contributed by atoms with Crippen LogP contribution in [0.25, 0.3) is 0 Å². The third kappa shape index (κ3) is 6.32. The fourth-order valence-corrected chi connectivity index (χ4v) is 6.02. The highest BCUT2D eigenvalue weighted by atomic mass is 35.5. The molecule has 0 radical (unpaired) electrons. The Morgan fingerprint density at radius 2 is 1.71 bits per heavy atom. The van der Waals surface area contributed by atoms with E-state index in [0.717, 1.165) is 36.7 Å². The van der Waals surface area contributed by atoms with Gasteiger partial charge in [-0.2, -0.15) is 13.2 Å². The Morgan fingerprint density at radius 3 is 2.29 bits per heavy atom. The number of aromatic nitrogens is 1. The van der Waals surface area contributed by atoms with Gasteiger partial charge in [0, 0.05) is 50.5 Å². The summed E-state index contributed by atoms with van der Waals surface area (Å²) in [5.74, 6) is -0.592. The van der Waals surface area contributed by atoms with Crippen molar-refractivity contribution in [2.45, 2.75) is 50.7 Å². The maximum Gasteiger partial charge on any atom is 0.433 e. The molecule has 1 aromatic heterocycles. The molecule has 3 aliphatic rings. The number of piperidine rings is 1. The molecule has 0 spiro atoms. The monoisotopic (exact) mass is 626 g/mol. The van der Waals surface area contributed by atoms with E-state index in [-0.39, 0.29) is 41.4 Å². The number of likely N-dealkylation sites (tertiary alicyclic amines) is 2. The third-order valence-electron chi connectivity index (χ3n) is 8.64. The van der Waals surface area contributed by atoms with E-state index in [1.807, 2.05) is 11.8 Å². The molecule has 3 heterocycles. The SMILES string of the molecule is CN(C(=O)Oc1ccc(C(F)(F)F)nc1)C1CN(C(=O)C2CCN(C(=O)C3(C)CC3)CC2)CC1c1ccc(Cl)c(Cl)c1. The number of amides is 3. The van der Waals surface area contributed by atoms with Gasteiger partial charge in [-0.05, 0) is 55.5 Å². The van der Waals surface area contributed by atoms with Crippen molar-refractivity contribution < 1.29 is 32.3 Å². The molecule has 1 aliphatic carbocycles. The van der Waals surface area contributed by atoms with Crippen molar-refractivity contribution in [3.05, 3.63) is 57.8 Å². The molecule has 3 amide bonds. The number of alkyl halides is 3. The Balaban J connectivity index is 1.29. The van der Waals surface area contributed by atoms with Gasteiger partial charge in [0.1, 0.15) is 5.69 Å². The van der Waals surface area contributed by atoms with E-state index in [1.165, 1.54) is 11.9 Å². The summed E-state index contributed by atoms with van der Waals surface area (Å²) in [6.45, 7) is 3.59. The van der Waals surface area contributed by atoms with Gasteiger partial charge in [-0.25, -0.2) is 9.78 Å². The number of halogens is 5. The van der Waals surface area contributed by atoms with Crippen LogP contribution in [0, 0.1) is 11.3 Å². The third-order valence-corrected chi connectivity index (χ3v) is 9.38. The highest BCUT2D eigenvalue weighted by Gasteiger charge is 2.48. The Kier molecular flexibility index (Phi) is 8.37. The standard InChI is InChI=1S/C29H31Cl2F3N4O4/c1-28(9-10-28)26(40)37-11-7-17(8-12-37)25(39)38-15-20(18-3-5-21(30)22(31)13-18)23(16-38)36(2)27(41)42-19-4-6-24(35-14-19)29(32,33)34/h3-6,13-14,17,20,23H,7-12,15-16H2,1-2H3. The molecule has 0 bridgehead atoms. The fraction of sp³-hybridized carbons (Fsp3) is 0.517. The molecular formula is C29H31Cl2F3N4O4. The van der Waals surface area contributed by atoms with Gasteiger partial charge in [0.25, 0.3) is 0 Å². The summed E-state index contributed by atoms with van der Waals surface area (Å²) in [6, 6.07) is 6.40. The lowest BCUT2D eigenvalue weighted by Crippen LogP contribution is -2.46. The zero-order valence-corrected chi connectivity index (χ0v) is 24.7. The fourth-order valence-electron chi connectivity index (χ4n) is 5.72. The molecule has 2 unspecified atom stereocenters. The van der Waals surface area contributed by atoms with Crippen molar-refractivity contribution in [3.63, 3.8) is 0 Å². The van der Waals surface area contributed by atoms with Crippen molar-refractivity contribution in [2.75, 3.05) is 33.2 Å². The van der Waals surface area contributed by atoms with E-state index in [1.54, 1.807) is 23.1 Å². The maximum atomic E-state index is 13.7. The van der Waals surface area contributed by atoms with Crippen LogP contribution in [0.3, 0.4) is 0 Å². The molecule has 3 fully saturated rings. The molecule has 8 nitrogen and oxygen atoms in total. The van der Waals surface area contributed by atoms with Crippen LogP contribution >= 0.6 is 23.2 Å². The van der Waals surface area contributed by atoms with Crippen LogP contribution < -0.4 is 4.74 Å². The van der Waals surface area contributed by atoms with Gasteiger partial charge in [0.2, 0.25) is 11.8 Å². The lowest BCUT2D eigenvalue weighted by molar-refractivity contribution is -0.142. The van der Waals surface area contributed by atoms with Crippen LogP contribution in [-0.4, -0.2) is 76.9 Å². The number of benzene rings is 1. The predicted molar refractivity (Wildman–Crippen MR) is 149 cm³/mol. The van der Waals surface area contributed by atoms with Crippen molar-refractivity contribution in [1.82, 2.24) is 19.7 Å². The van der Waals surface area contributed by atoms with E-state index in [9.17, 15) is 27.6 Å². The highest BCUT2D eigenvalue weighted by molar-refractivity contribution is 6.42. The van der Waals surface area contributed by atoms with Crippen molar-refractivity contribution in [3.8, 4) is 5.75 Å². The van der Waals surface area contributed by atoms with Gasteiger partial charge < -0.3 is 19.4 Å². The minimum atomic E-state index is -4.62. The number of likely N-dealkylation sites (N-methyl/N-ethyl adjacent to an activating group) is 1.